The standard InChI is InChI=1S/C11H15NO4S/c1-11(2,6-16-3)12-9(13)7-4-5-8(17-7)10(14)15/h4-5H,6H2,1-3H3,(H,12,13)(H,14,15). The number of carbonyl (C=O) groups excluding carboxylic acids is 1. The third-order valence-corrected chi connectivity index (χ3v) is 3.07. The monoisotopic (exact) mass is 257 g/mol. The zero-order valence-corrected chi connectivity index (χ0v) is 10.8. The van der Waals surface area contributed by atoms with E-state index in [1.807, 2.05) is 13.8 Å². The fourth-order valence-corrected chi connectivity index (χ4v) is 2.08. The quantitative estimate of drug-likeness (QED) is 0.840. The number of carboxylic acid groups (broad SMARTS) is 1. The van der Waals surface area contributed by atoms with E-state index in [9.17, 15) is 9.59 Å². The average Bonchev–Trinajstić information content (AvgIpc) is 2.64. The number of ether oxygens (including phenoxy) is 1. The fraction of sp³-hybridized carbons (Fsp3) is 0.455. The Kier molecular flexibility index (Phi) is 4.25. The van der Waals surface area contributed by atoms with Crippen molar-refractivity contribution in [1.29, 1.82) is 0 Å². The van der Waals surface area contributed by atoms with Crippen molar-refractivity contribution in [2.45, 2.75) is 19.4 Å². The molecule has 0 aliphatic carbocycles. The molecule has 0 spiro atoms. The number of hydrogen-bond donors (Lipinski definition) is 2. The second-order valence-electron chi connectivity index (χ2n) is 4.24. The predicted molar refractivity (Wildman–Crippen MR) is 64.7 cm³/mol. The molecule has 5 nitrogen and oxygen atoms in total. The van der Waals surface area contributed by atoms with Crippen LogP contribution in [0.25, 0.3) is 0 Å². The molecule has 0 aliphatic heterocycles. The van der Waals surface area contributed by atoms with Crippen LogP contribution in [-0.2, 0) is 4.74 Å². The van der Waals surface area contributed by atoms with E-state index in [-0.39, 0.29) is 10.8 Å². The van der Waals surface area contributed by atoms with Crippen LogP contribution in [0.1, 0.15) is 33.2 Å². The van der Waals surface area contributed by atoms with Crippen LogP contribution in [0.3, 0.4) is 0 Å². The molecule has 1 aromatic rings. The molecule has 2 N–H and O–H groups in total. The van der Waals surface area contributed by atoms with Gasteiger partial charge in [0.2, 0.25) is 0 Å². The van der Waals surface area contributed by atoms with E-state index >= 15 is 0 Å². The Hall–Kier alpha value is -1.40. The molecular formula is C11H15NO4S. The summed E-state index contributed by atoms with van der Waals surface area (Å²) in [6, 6.07) is 2.93. The predicted octanol–water partition coefficient (Wildman–Crippen LogP) is 1.60. The second-order valence-corrected chi connectivity index (χ2v) is 5.32. The lowest BCUT2D eigenvalue weighted by Crippen LogP contribution is -2.46. The zero-order chi connectivity index (χ0) is 13.1. The van der Waals surface area contributed by atoms with Crippen LogP contribution in [0.15, 0.2) is 12.1 Å². The third-order valence-electron chi connectivity index (χ3n) is 2.00. The maximum Gasteiger partial charge on any atom is 0.345 e. The number of hydrogen-bond acceptors (Lipinski definition) is 4. The maximum absolute atomic E-state index is 11.8. The number of nitrogens with one attached hydrogen (secondary N) is 1. The Morgan fingerprint density at radius 1 is 1.41 bits per heavy atom. The van der Waals surface area contributed by atoms with Gasteiger partial charge in [0.15, 0.2) is 0 Å². The summed E-state index contributed by atoms with van der Waals surface area (Å²) in [6.07, 6.45) is 0. The van der Waals surface area contributed by atoms with Crippen LogP contribution >= 0.6 is 11.3 Å². The minimum atomic E-state index is -1.02. The second kappa shape index (κ2) is 5.29. The van der Waals surface area contributed by atoms with Gasteiger partial charge in [-0.25, -0.2) is 4.79 Å². The molecule has 0 fully saturated rings. The topological polar surface area (TPSA) is 75.6 Å². The van der Waals surface area contributed by atoms with Crippen molar-refractivity contribution in [2.24, 2.45) is 0 Å². The molecule has 0 bridgehead atoms. The number of rotatable bonds is 5. The van der Waals surface area contributed by atoms with Gasteiger partial charge in [-0.05, 0) is 26.0 Å². The van der Waals surface area contributed by atoms with E-state index in [0.717, 1.165) is 11.3 Å². The van der Waals surface area contributed by atoms with E-state index in [2.05, 4.69) is 5.32 Å². The first kappa shape index (κ1) is 13.7. The highest BCUT2D eigenvalue weighted by Gasteiger charge is 2.22. The molecule has 0 aliphatic rings. The van der Waals surface area contributed by atoms with Crippen molar-refractivity contribution in [3.63, 3.8) is 0 Å². The summed E-state index contributed by atoms with van der Waals surface area (Å²) in [5, 5.41) is 11.5. The van der Waals surface area contributed by atoms with Gasteiger partial charge in [0, 0.05) is 7.11 Å². The first-order chi connectivity index (χ1) is 7.85. The van der Waals surface area contributed by atoms with Crippen molar-refractivity contribution in [3.05, 3.63) is 21.9 Å². The molecule has 0 saturated carbocycles. The van der Waals surface area contributed by atoms with E-state index in [1.165, 1.54) is 12.1 Å². The fourth-order valence-electron chi connectivity index (χ4n) is 1.34. The summed E-state index contributed by atoms with van der Waals surface area (Å²) in [4.78, 5) is 23.0. The molecule has 0 radical (unpaired) electrons. The highest BCUT2D eigenvalue weighted by atomic mass is 32.1. The van der Waals surface area contributed by atoms with Gasteiger partial charge in [-0.1, -0.05) is 0 Å². The number of amides is 1. The molecule has 1 aromatic heterocycles. The highest BCUT2D eigenvalue weighted by Crippen LogP contribution is 2.17. The summed E-state index contributed by atoms with van der Waals surface area (Å²) >= 11 is 0.955. The Bertz CT molecular complexity index is 425. The summed E-state index contributed by atoms with van der Waals surface area (Å²) in [5.74, 6) is -1.31. The van der Waals surface area contributed by atoms with Crippen LogP contribution in [0.4, 0.5) is 0 Å². The van der Waals surface area contributed by atoms with E-state index < -0.39 is 11.5 Å². The minimum Gasteiger partial charge on any atom is -0.477 e. The molecule has 0 aromatic carbocycles. The largest absolute Gasteiger partial charge is 0.477 e. The lowest BCUT2D eigenvalue weighted by molar-refractivity contribution is 0.0701. The van der Waals surface area contributed by atoms with E-state index in [1.54, 1.807) is 7.11 Å². The van der Waals surface area contributed by atoms with Crippen LogP contribution in [0.2, 0.25) is 0 Å². The number of methoxy groups -OCH3 is 1. The van der Waals surface area contributed by atoms with E-state index in [0.29, 0.717) is 11.5 Å². The van der Waals surface area contributed by atoms with Crippen LogP contribution in [0.5, 0.6) is 0 Å². The summed E-state index contributed by atoms with van der Waals surface area (Å²) < 4.78 is 4.98. The molecule has 1 heterocycles. The van der Waals surface area contributed by atoms with Crippen molar-refractivity contribution < 1.29 is 19.4 Å². The van der Waals surface area contributed by atoms with Crippen LogP contribution in [-0.4, -0.2) is 36.2 Å². The molecule has 6 heteroatoms. The summed E-state index contributed by atoms with van der Waals surface area (Å²) in [5.41, 5.74) is -0.487. The molecule has 0 unspecified atom stereocenters. The van der Waals surface area contributed by atoms with Gasteiger partial charge < -0.3 is 15.2 Å². The van der Waals surface area contributed by atoms with Gasteiger partial charge in [0.05, 0.1) is 17.0 Å². The molecule has 0 atom stereocenters. The highest BCUT2D eigenvalue weighted by molar-refractivity contribution is 7.15. The number of aromatic carboxylic acids is 1. The molecule has 0 saturated heterocycles. The maximum atomic E-state index is 11.8. The van der Waals surface area contributed by atoms with Gasteiger partial charge >= 0.3 is 5.97 Å². The van der Waals surface area contributed by atoms with Crippen molar-refractivity contribution in [3.8, 4) is 0 Å². The summed E-state index contributed by atoms with van der Waals surface area (Å²) in [6.45, 7) is 4.05. The molecule has 1 rings (SSSR count). The zero-order valence-electron chi connectivity index (χ0n) is 9.94. The first-order valence-corrected chi connectivity index (χ1v) is 5.82. The lowest BCUT2D eigenvalue weighted by atomic mass is 10.1. The third kappa shape index (κ3) is 3.83. The average molecular weight is 257 g/mol. The van der Waals surface area contributed by atoms with Gasteiger partial charge in [-0.2, -0.15) is 0 Å². The lowest BCUT2D eigenvalue weighted by Gasteiger charge is -2.24. The molecule has 94 valence electrons. The Balaban J connectivity index is 2.73. The van der Waals surface area contributed by atoms with Crippen LogP contribution < -0.4 is 5.32 Å². The Morgan fingerprint density at radius 3 is 2.47 bits per heavy atom. The van der Waals surface area contributed by atoms with Gasteiger partial charge in [-0.15, -0.1) is 11.3 Å². The molecular weight excluding hydrogens is 242 g/mol. The van der Waals surface area contributed by atoms with Crippen molar-refractivity contribution in [2.75, 3.05) is 13.7 Å². The normalized spacial score (nSPS) is 11.2. The number of thiophene rings is 1. The van der Waals surface area contributed by atoms with Crippen molar-refractivity contribution in [1.82, 2.24) is 5.32 Å². The smallest absolute Gasteiger partial charge is 0.345 e. The summed E-state index contributed by atoms with van der Waals surface area (Å²) in [7, 11) is 1.56. The van der Waals surface area contributed by atoms with Crippen LogP contribution in [0, 0.1) is 0 Å². The molecule has 1 amide bonds. The minimum absolute atomic E-state index is 0.152. The Labute approximate surface area is 103 Å². The molecule has 17 heavy (non-hydrogen) atoms. The van der Waals surface area contributed by atoms with Crippen molar-refractivity contribution >= 4 is 23.2 Å². The first-order valence-electron chi connectivity index (χ1n) is 5.00. The Morgan fingerprint density at radius 2 is 2.00 bits per heavy atom. The van der Waals surface area contributed by atoms with Gasteiger partial charge in [-0.3, -0.25) is 4.79 Å². The van der Waals surface area contributed by atoms with Gasteiger partial charge in [0.1, 0.15) is 4.88 Å². The number of carbonyl (C=O) groups is 2. The number of carboxylic acids is 1. The SMILES string of the molecule is COCC(C)(C)NC(=O)c1ccc(C(=O)O)s1. The van der Waals surface area contributed by atoms with E-state index in [4.69, 9.17) is 9.84 Å². The van der Waals surface area contributed by atoms with Gasteiger partial charge in [0.25, 0.3) is 5.91 Å².